The molecule has 1 aromatic heterocycles. The van der Waals surface area contributed by atoms with E-state index in [-0.39, 0.29) is 0 Å². The SMILES string of the molecule is CCCCC(NCc1ncc(CC)o1)c1ccccc1. The summed E-state index contributed by atoms with van der Waals surface area (Å²) in [5.74, 6) is 1.73. The van der Waals surface area contributed by atoms with Crippen LogP contribution < -0.4 is 5.32 Å². The number of benzene rings is 1. The van der Waals surface area contributed by atoms with Crippen molar-refractivity contribution in [2.45, 2.75) is 52.1 Å². The third-order valence-electron chi connectivity index (χ3n) is 3.50. The Morgan fingerprint density at radius 2 is 2.00 bits per heavy atom. The smallest absolute Gasteiger partial charge is 0.208 e. The van der Waals surface area contributed by atoms with Crippen molar-refractivity contribution in [3.05, 3.63) is 53.7 Å². The van der Waals surface area contributed by atoms with Gasteiger partial charge in [0.05, 0.1) is 12.7 Å². The van der Waals surface area contributed by atoms with Crippen molar-refractivity contribution in [3.63, 3.8) is 0 Å². The van der Waals surface area contributed by atoms with E-state index in [4.69, 9.17) is 4.42 Å². The number of hydrogen-bond donors (Lipinski definition) is 1. The van der Waals surface area contributed by atoms with Gasteiger partial charge in [0.25, 0.3) is 0 Å². The van der Waals surface area contributed by atoms with Crippen LogP contribution in [-0.4, -0.2) is 4.98 Å². The number of unbranched alkanes of at least 4 members (excludes halogenated alkanes) is 1. The second-order valence-corrected chi connectivity index (χ2v) is 5.06. The van der Waals surface area contributed by atoms with Crippen LogP contribution in [0.3, 0.4) is 0 Å². The van der Waals surface area contributed by atoms with Gasteiger partial charge in [-0.3, -0.25) is 0 Å². The number of rotatable bonds is 8. The third-order valence-corrected chi connectivity index (χ3v) is 3.50. The van der Waals surface area contributed by atoms with E-state index in [2.05, 4.69) is 54.5 Å². The minimum Gasteiger partial charge on any atom is -0.444 e. The number of hydrogen-bond acceptors (Lipinski definition) is 3. The summed E-state index contributed by atoms with van der Waals surface area (Å²) < 4.78 is 5.65. The van der Waals surface area contributed by atoms with Crippen LogP contribution in [0.1, 0.15) is 56.4 Å². The summed E-state index contributed by atoms with van der Waals surface area (Å²) >= 11 is 0. The summed E-state index contributed by atoms with van der Waals surface area (Å²) in [6, 6.07) is 11.0. The van der Waals surface area contributed by atoms with E-state index >= 15 is 0 Å². The highest BCUT2D eigenvalue weighted by Crippen LogP contribution is 2.19. The molecule has 0 fully saturated rings. The number of nitrogens with zero attached hydrogens (tertiary/aromatic N) is 1. The van der Waals surface area contributed by atoms with Crippen molar-refractivity contribution in [1.82, 2.24) is 10.3 Å². The molecule has 0 saturated carbocycles. The Morgan fingerprint density at radius 1 is 1.20 bits per heavy atom. The van der Waals surface area contributed by atoms with Crippen LogP contribution in [0.4, 0.5) is 0 Å². The van der Waals surface area contributed by atoms with Crippen molar-refractivity contribution in [3.8, 4) is 0 Å². The fraction of sp³-hybridized carbons (Fsp3) is 0.471. The molecule has 2 rings (SSSR count). The molecule has 0 spiro atoms. The van der Waals surface area contributed by atoms with Crippen LogP contribution in [0, 0.1) is 0 Å². The molecule has 1 atom stereocenters. The summed E-state index contributed by atoms with van der Waals surface area (Å²) in [7, 11) is 0. The fourth-order valence-electron chi connectivity index (χ4n) is 2.28. The monoisotopic (exact) mass is 272 g/mol. The average molecular weight is 272 g/mol. The lowest BCUT2D eigenvalue weighted by Gasteiger charge is -2.18. The maximum absolute atomic E-state index is 5.65. The van der Waals surface area contributed by atoms with Gasteiger partial charge in [-0.15, -0.1) is 0 Å². The van der Waals surface area contributed by atoms with Gasteiger partial charge in [0.15, 0.2) is 0 Å². The van der Waals surface area contributed by atoms with E-state index in [1.807, 2.05) is 6.20 Å². The first kappa shape index (κ1) is 14.8. The Bertz CT molecular complexity index is 493. The summed E-state index contributed by atoms with van der Waals surface area (Å²) in [5, 5.41) is 3.57. The molecule has 20 heavy (non-hydrogen) atoms. The molecule has 0 radical (unpaired) electrons. The van der Waals surface area contributed by atoms with Crippen LogP contribution in [0.2, 0.25) is 0 Å². The van der Waals surface area contributed by atoms with Crippen LogP contribution in [0.15, 0.2) is 40.9 Å². The van der Waals surface area contributed by atoms with Crippen molar-refractivity contribution in [2.75, 3.05) is 0 Å². The van der Waals surface area contributed by atoms with E-state index in [0.717, 1.165) is 24.5 Å². The highest BCUT2D eigenvalue weighted by Gasteiger charge is 2.11. The number of oxazole rings is 1. The maximum atomic E-state index is 5.65. The molecule has 1 heterocycles. The van der Waals surface area contributed by atoms with E-state index in [1.54, 1.807) is 0 Å². The molecule has 1 unspecified atom stereocenters. The van der Waals surface area contributed by atoms with Gasteiger partial charge in [-0.1, -0.05) is 57.0 Å². The van der Waals surface area contributed by atoms with Crippen LogP contribution in [0.25, 0.3) is 0 Å². The molecule has 0 saturated heterocycles. The molecule has 108 valence electrons. The minimum atomic E-state index is 0.369. The Balaban J connectivity index is 1.97. The predicted octanol–water partition coefficient (Wildman–Crippen LogP) is 4.26. The minimum absolute atomic E-state index is 0.369. The van der Waals surface area contributed by atoms with Gasteiger partial charge in [0.1, 0.15) is 5.76 Å². The zero-order valence-electron chi connectivity index (χ0n) is 12.4. The number of aromatic nitrogens is 1. The molecule has 2 aromatic rings. The van der Waals surface area contributed by atoms with Crippen molar-refractivity contribution in [1.29, 1.82) is 0 Å². The summed E-state index contributed by atoms with van der Waals surface area (Å²) in [4.78, 5) is 4.30. The lowest BCUT2D eigenvalue weighted by Crippen LogP contribution is -2.21. The van der Waals surface area contributed by atoms with Crippen LogP contribution in [0.5, 0.6) is 0 Å². The topological polar surface area (TPSA) is 38.1 Å². The molecule has 3 nitrogen and oxygen atoms in total. The van der Waals surface area contributed by atoms with Gasteiger partial charge in [-0.2, -0.15) is 0 Å². The van der Waals surface area contributed by atoms with Gasteiger partial charge in [0, 0.05) is 12.5 Å². The zero-order chi connectivity index (χ0) is 14.2. The zero-order valence-corrected chi connectivity index (χ0v) is 12.4. The quantitative estimate of drug-likeness (QED) is 0.780. The first-order valence-electron chi connectivity index (χ1n) is 7.55. The molecule has 3 heteroatoms. The van der Waals surface area contributed by atoms with Crippen molar-refractivity contribution in [2.24, 2.45) is 0 Å². The van der Waals surface area contributed by atoms with Crippen LogP contribution in [-0.2, 0) is 13.0 Å². The molecular weight excluding hydrogens is 248 g/mol. The Labute approximate surface area is 121 Å². The molecule has 1 N–H and O–H groups in total. The largest absolute Gasteiger partial charge is 0.444 e. The molecular formula is C17H24N2O. The van der Waals surface area contributed by atoms with Crippen molar-refractivity contribution < 1.29 is 4.42 Å². The molecule has 1 aromatic carbocycles. The Kier molecular flexibility index (Phi) is 5.81. The van der Waals surface area contributed by atoms with Gasteiger partial charge >= 0.3 is 0 Å². The normalized spacial score (nSPS) is 12.5. The lowest BCUT2D eigenvalue weighted by molar-refractivity contribution is 0.404. The fourth-order valence-corrected chi connectivity index (χ4v) is 2.28. The average Bonchev–Trinajstić information content (AvgIpc) is 2.96. The summed E-state index contributed by atoms with van der Waals surface area (Å²) in [6.45, 7) is 4.98. The third kappa shape index (κ3) is 4.20. The lowest BCUT2D eigenvalue weighted by atomic mass is 10.0. The second-order valence-electron chi connectivity index (χ2n) is 5.06. The number of aryl methyl sites for hydroxylation is 1. The van der Waals surface area contributed by atoms with Crippen molar-refractivity contribution >= 4 is 0 Å². The summed E-state index contributed by atoms with van der Waals surface area (Å²) in [6.07, 6.45) is 6.29. The summed E-state index contributed by atoms with van der Waals surface area (Å²) in [5.41, 5.74) is 1.34. The highest BCUT2D eigenvalue weighted by molar-refractivity contribution is 5.18. The van der Waals surface area contributed by atoms with Gasteiger partial charge < -0.3 is 9.73 Å². The van der Waals surface area contributed by atoms with Crippen LogP contribution >= 0.6 is 0 Å². The van der Waals surface area contributed by atoms with Gasteiger partial charge in [-0.25, -0.2) is 4.98 Å². The first-order valence-corrected chi connectivity index (χ1v) is 7.55. The Morgan fingerprint density at radius 3 is 2.65 bits per heavy atom. The van der Waals surface area contributed by atoms with E-state index in [9.17, 15) is 0 Å². The highest BCUT2D eigenvalue weighted by atomic mass is 16.4. The second kappa shape index (κ2) is 7.85. The number of nitrogens with one attached hydrogen (secondary N) is 1. The van der Waals surface area contributed by atoms with E-state index in [0.29, 0.717) is 12.6 Å². The maximum Gasteiger partial charge on any atom is 0.208 e. The van der Waals surface area contributed by atoms with E-state index in [1.165, 1.54) is 18.4 Å². The molecule has 0 bridgehead atoms. The van der Waals surface area contributed by atoms with E-state index < -0.39 is 0 Å². The predicted molar refractivity (Wildman–Crippen MR) is 81.4 cm³/mol. The molecule has 0 aliphatic rings. The molecule has 0 aliphatic carbocycles. The molecule has 0 aliphatic heterocycles. The first-order chi connectivity index (χ1) is 9.83. The van der Waals surface area contributed by atoms with Gasteiger partial charge in [0.2, 0.25) is 5.89 Å². The van der Waals surface area contributed by atoms with Gasteiger partial charge in [-0.05, 0) is 12.0 Å². The standard InChI is InChI=1S/C17H24N2O/c1-3-5-11-16(14-9-7-6-8-10-14)18-13-17-19-12-15(4-2)20-17/h6-10,12,16,18H,3-5,11,13H2,1-2H3. The Hall–Kier alpha value is -1.61. The molecule has 0 amide bonds.